The van der Waals surface area contributed by atoms with Crippen molar-refractivity contribution < 1.29 is 48.1 Å². The minimum Gasteiger partial charge on any atom is -0.396 e. The van der Waals surface area contributed by atoms with E-state index in [4.69, 9.17) is 71.4 Å². The summed E-state index contributed by atoms with van der Waals surface area (Å²) in [5.74, 6) is 0. The first-order chi connectivity index (χ1) is 23.2. The van der Waals surface area contributed by atoms with Crippen LogP contribution in [0, 0.1) is 17.9 Å². The molecule has 0 aliphatic heterocycles. The second kappa shape index (κ2) is 57.7. The van der Waals surface area contributed by atoms with E-state index in [0.29, 0.717) is 118 Å². The van der Waals surface area contributed by atoms with Crippen LogP contribution in [0.1, 0.15) is 71.6 Å². The zero-order chi connectivity index (χ0) is 35.0. The van der Waals surface area contributed by atoms with E-state index in [2.05, 4.69) is 4.85 Å². The van der Waals surface area contributed by atoms with Gasteiger partial charge in [0.1, 0.15) is 6.61 Å². The zero-order valence-electron chi connectivity index (χ0n) is 29.1. The maximum atomic E-state index is 8.44. The van der Waals surface area contributed by atoms with Crippen LogP contribution < -0.4 is 11.5 Å². The first kappa shape index (κ1) is 53.3. The van der Waals surface area contributed by atoms with Crippen molar-refractivity contribution in [1.82, 2.24) is 0 Å². The molecule has 0 saturated carbocycles. The second-order valence-electron chi connectivity index (χ2n) is 9.90. The van der Waals surface area contributed by atoms with Crippen molar-refractivity contribution in [3.63, 3.8) is 0 Å². The Balaban J connectivity index is -0.000000314. The molecule has 288 valence electrons. The van der Waals surface area contributed by atoms with E-state index >= 15 is 0 Å². The van der Waals surface area contributed by atoms with E-state index in [0.717, 1.165) is 71.4 Å². The monoisotopic (exact) mass is 697 g/mol. The van der Waals surface area contributed by atoms with E-state index in [9.17, 15) is 0 Å². The number of aliphatic hydroxyl groups excluding tert-OH is 2. The maximum absolute atomic E-state index is 8.44. The molecule has 0 aliphatic rings. The molecule has 0 aliphatic carbocycles. The third-order valence-electron chi connectivity index (χ3n) is 5.47. The molecule has 14 heteroatoms. The van der Waals surface area contributed by atoms with Crippen LogP contribution in [0.25, 0.3) is 4.85 Å². The Morgan fingerprint density at radius 2 is 0.729 bits per heavy atom. The van der Waals surface area contributed by atoms with Gasteiger partial charge in [-0.3, -0.25) is 0 Å². The van der Waals surface area contributed by atoms with Crippen LogP contribution >= 0.6 is 0 Å². The van der Waals surface area contributed by atoms with Gasteiger partial charge in [0.05, 0.1) is 19.1 Å². The number of ether oxygens (including phenoxy) is 8. The van der Waals surface area contributed by atoms with Crippen molar-refractivity contribution in [2.75, 3.05) is 139 Å². The van der Waals surface area contributed by atoms with Crippen LogP contribution in [0.4, 0.5) is 0 Å². The molecule has 6 N–H and O–H groups in total. The second-order valence-corrected chi connectivity index (χ2v) is 9.90. The summed E-state index contributed by atoms with van der Waals surface area (Å²) in [5.41, 5.74) is 10.6. The molecule has 48 heavy (non-hydrogen) atoms. The quantitative estimate of drug-likeness (QED) is 0.0552. The summed E-state index contributed by atoms with van der Waals surface area (Å²) in [7, 11) is 0. The van der Waals surface area contributed by atoms with Gasteiger partial charge in [0.25, 0.3) is 0 Å². The van der Waals surface area contributed by atoms with Crippen LogP contribution in [0.3, 0.4) is 0 Å². The third kappa shape index (κ3) is 63.2. The fraction of sp³-hybridized carbons (Fsp3) is 0.941. The lowest BCUT2D eigenvalue weighted by Gasteiger charge is -2.06. The molecule has 0 aromatic rings. The third-order valence-corrected chi connectivity index (χ3v) is 5.47. The predicted octanol–water partition coefficient (Wildman–Crippen LogP) is 2.97. The lowest BCUT2D eigenvalue weighted by molar-refractivity contribution is 0.0558. The number of nitrogens with zero attached hydrogens (tertiary/aromatic N) is 2. The van der Waals surface area contributed by atoms with Crippen LogP contribution in [0.2, 0.25) is 0 Å². The Morgan fingerprint density at radius 1 is 0.458 bits per heavy atom. The summed E-state index contributed by atoms with van der Waals surface area (Å²) in [5, 5.41) is 25.2. The molecule has 0 fully saturated rings. The van der Waals surface area contributed by atoms with E-state index < -0.39 is 0 Å². The molecule has 0 amide bonds. The number of aliphatic hydroxyl groups is 2. The number of hydrogen-bond acceptors (Lipinski definition) is 13. The first-order valence-corrected chi connectivity index (χ1v) is 17.2. The van der Waals surface area contributed by atoms with Gasteiger partial charge in [0.2, 0.25) is 6.54 Å². The molecule has 0 aromatic carbocycles. The average Bonchev–Trinajstić information content (AvgIpc) is 3.09. The minimum absolute atomic E-state index is 0. The Kier molecular flexibility index (Phi) is 64.1. The molecule has 0 unspecified atom stereocenters. The fourth-order valence-electron chi connectivity index (χ4n) is 3.06. The number of nitrogens with two attached hydrogens (primary N) is 2. The Bertz CT molecular complexity index is 543. The molecular weight excluding hydrogens is 624 g/mol. The molecule has 0 spiro atoms. The van der Waals surface area contributed by atoms with Gasteiger partial charge < -0.3 is 64.4 Å². The topological polar surface area (TPSA) is 194 Å². The minimum atomic E-state index is 0. The van der Waals surface area contributed by atoms with Crippen LogP contribution in [-0.4, -0.2) is 149 Å². The summed E-state index contributed by atoms with van der Waals surface area (Å²) in [4.78, 5) is 3.20. The van der Waals surface area contributed by atoms with Gasteiger partial charge in [-0.25, -0.2) is 6.57 Å². The summed E-state index contributed by atoms with van der Waals surface area (Å²) >= 11 is 0. The summed E-state index contributed by atoms with van der Waals surface area (Å²) < 4.78 is 42.3. The fourth-order valence-corrected chi connectivity index (χ4v) is 3.06. The summed E-state index contributed by atoms with van der Waals surface area (Å²) in [6, 6.07) is 2.03. The largest absolute Gasteiger partial charge is 0.396 e. The van der Waals surface area contributed by atoms with E-state index in [1.54, 1.807) is 0 Å². The van der Waals surface area contributed by atoms with Gasteiger partial charge in [-0.2, -0.15) is 5.26 Å². The van der Waals surface area contributed by atoms with Gasteiger partial charge in [0, 0.05) is 106 Å². The zero-order valence-corrected chi connectivity index (χ0v) is 29.1. The standard InChI is InChI=1S/C15H26N2O4.C9H22N2O2.C9H20O4.CH4/c1-17-7-15-21-14-5-13-20-12-4-11-19-10-3-9-18-8-2-6-16;2*10-4-1-6-12-8-3-9-13-7-2-5-11;/h2-5,7-15H2;1-11H2;10-11H,1-9H2;1H4. The molecule has 0 heterocycles. The SMILES string of the molecule is C.NCCCOCCCOCCCN.OCCCOCCCOCCCO.[C-]#[N+]CCOCCCOCCCOCCCOCCC#N. The van der Waals surface area contributed by atoms with Crippen molar-refractivity contribution >= 4 is 0 Å². The predicted molar refractivity (Wildman–Crippen MR) is 189 cm³/mol. The smallest absolute Gasteiger partial charge is 0.237 e. The first-order valence-electron chi connectivity index (χ1n) is 17.2. The van der Waals surface area contributed by atoms with Gasteiger partial charge in [-0.1, -0.05) is 7.43 Å². The van der Waals surface area contributed by atoms with Gasteiger partial charge in [-0.15, -0.1) is 0 Å². The average molecular weight is 697 g/mol. The van der Waals surface area contributed by atoms with Crippen molar-refractivity contribution in [3.05, 3.63) is 11.4 Å². The van der Waals surface area contributed by atoms with Crippen molar-refractivity contribution in [2.45, 2.75) is 71.6 Å². The molecule has 0 rings (SSSR count). The number of nitriles is 1. The molecule has 0 aromatic heterocycles. The Labute approximate surface area is 292 Å². The molecule has 0 saturated heterocycles. The highest BCUT2D eigenvalue weighted by Crippen LogP contribution is 1.92. The van der Waals surface area contributed by atoms with Crippen molar-refractivity contribution in [3.8, 4) is 6.07 Å². The van der Waals surface area contributed by atoms with Gasteiger partial charge in [0.15, 0.2) is 0 Å². The number of rotatable bonds is 36. The van der Waals surface area contributed by atoms with E-state index in [-0.39, 0.29) is 20.6 Å². The molecule has 0 bridgehead atoms. The lowest BCUT2D eigenvalue weighted by atomic mass is 10.4. The van der Waals surface area contributed by atoms with Crippen LogP contribution in [-0.2, 0) is 37.9 Å². The van der Waals surface area contributed by atoms with Crippen LogP contribution in [0.5, 0.6) is 0 Å². The van der Waals surface area contributed by atoms with Gasteiger partial charge in [-0.05, 0) is 70.9 Å². The molecule has 0 radical (unpaired) electrons. The van der Waals surface area contributed by atoms with E-state index in [1.165, 1.54) is 0 Å². The van der Waals surface area contributed by atoms with E-state index in [1.807, 2.05) is 6.07 Å². The van der Waals surface area contributed by atoms with Crippen molar-refractivity contribution in [2.24, 2.45) is 11.5 Å². The lowest BCUT2D eigenvalue weighted by Crippen LogP contribution is -2.08. The number of hydrogen-bond donors (Lipinski definition) is 4. The molecule has 0 atom stereocenters. The summed E-state index contributed by atoms with van der Waals surface area (Å²) in [6.45, 7) is 19.5. The molecular formula is C34H72N4O10. The molecule has 14 nitrogen and oxygen atoms in total. The Morgan fingerprint density at radius 3 is 1.00 bits per heavy atom. The van der Waals surface area contributed by atoms with Crippen LogP contribution in [0.15, 0.2) is 0 Å². The normalized spacial score (nSPS) is 10.2. The Hall–Kier alpha value is -1.50. The van der Waals surface area contributed by atoms with Crippen molar-refractivity contribution in [1.29, 1.82) is 5.26 Å². The summed E-state index contributed by atoms with van der Waals surface area (Å²) in [6.07, 6.45) is 8.15. The maximum Gasteiger partial charge on any atom is 0.237 e. The highest BCUT2D eigenvalue weighted by Gasteiger charge is 1.95. The van der Waals surface area contributed by atoms with Gasteiger partial charge >= 0.3 is 0 Å². The highest BCUT2D eigenvalue weighted by atomic mass is 16.5. The highest BCUT2D eigenvalue weighted by molar-refractivity contribution is 4.67.